The van der Waals surface area contributed by atoms with Gasteiger partial charge in [0.25, 0.3) is 0 Å². The summed E-state index contributed by atoms with van der Waals surface area (Å²) >= 11 is 0. The molecular weight excluding hydrogens is 318 g/mol. The summed E-state index contributed by atoms with van der Waals surface area (Å²) in [5.41, 5.74) is 1.52. The molecule has 2 rings (SSSR count). The summed E-state index contributed by atoms with van der Waals surface area (Å²) in [6.45, 7) is 8.52. The number of hydrogen-bond donors (Lipinski definition) is 2. The van der Waals surface area contributed by atoms with E-state index in [1.807, 2.05) is 52.0 Å². The molecule has 1 heterocycles. The van der Waals surface area contributed by atoms with E-state index in [9.17, 15) is 4.79 Å². The van der Waals surface area contributed by atoms with E-state index < -0.39 is 11.7 Å². The monoisotopic (exact) mass is 345 g/mol. The average molecular weight is 345 g/mol. The normalized spacial score (nSPS) is 12.6. The highest BCUT2D eigenvalue weighted by molar-refractivity contribution is 5.67. The van der Waals surface area contributed by atoms with Gasteiger partial charge in [-0.1, -0.05) is 35.5 Å². The van der Waals surface area contributed by atoms with Crippen molar-refractivity contribution in [1.82, 2.24) is 15.8 Å². The fraction of sp³-hybridized carbons (Fsp3) is 0.474. The minimum atomic E-state index is -0.495. The molecule has 0 aliphatic heterocycles. The minimum Gasteiger partial charge on any atom is -0.444 e. The molecule has 0 fully saturated rings. The van der Waals surface area contributed by atoms with Gasteiger partial charge in [-0.2, -0.15) is 0 Å². The molecule has 25 heavy (non-hydrogen) atoms. The average Bonchev–Trinajstić information content (AvgIpc) is 2.95. The van der Waals surface area contributed by atoms with Crippen molar-refractivity contribution in [2.45, 2.75) is 52.3 Å². The van der Waals surface area contributed by atoms with Crippen LogP contribution in [0.5, 0.6) is 0 Å². The molecule has 0 saturated heterocycles. The Bertz CT molecular complexity index is 662. The summed E-state index contributed by atoms with van der Waals surface area (Å²) in [4.78, 5) is 11.8. The Morgan fingerprint density at radius 2 is 2.00 bits per heavy atom. The maximum Gasteiger partial charge on any atom is 0.407 e. The lowest BCUT2D eigenvalue weighted by molar-refractivity contribution is 0.0525. The largest absolute Gasteiger partial charge is 0.444 e. The number of nitrogens with zero attached hydrogens (tertiary/aromatic N) is 1. The molecule has 0 aliphatic rings. The van der Waals surface area contributed by atoms with E-state index in [4.69, 9.17) is 9.26 Å². The number of carbonyl (C=O) groups is 1. The molecule has 2 N–H and O–H groups in total. The van der Waals surface area contributed by atoms with E-state index in [0.717, 1.165) is 23.4 Å². The smallest absolute Gasteiger partial charge is 0.407 e. The van der Waals surface area contributed by atoms with Gasteiger partial charge in [0.2, 0.25) is 0 Å². The summed E-state index contributed by atoms with van der Waals surface area (Å²) in [6, 6.07) is 12.1. The number of ether oxygens (including phenoxy) is 1. The van der Waals surface area contributed by atoms with Gasteiger partial charge in [0.05, 0.1) is 12.2 Å². The van der Waals surface area contributed by atoms with Gasteiger partial charge in [0.15, 0.2) is 5.76 Å². The number of carbonyl (C=O) groups excluding carboxylic acids is 1. The molecule has 0 radical (unpaired) electrons. The third kappa shape index (κ3) is 6.97. The Morgan fingerprint density at radius 3 is 2.60 bits per heavy atom. The molecule has 0 bridgehead atoms. The molecule has 1 aromatic carbocycles. The van der Waals surface area contributed by atoms with E-state index in [1.54, 1.807) is 0 Å². The van der Waals surface area contributed by atoms with Crippen LogP contribution in [-0.4, -0.2) is 23.4 Å². The lowest BCUT2D eigenvalue weighted by Gasteiger charge is -2.21. The minimum absolute atomic E-state index is 0.0848. The Morgan fingerprint density at radius 1 is 1.28 bits per heavy atom. The van der Waals surface area contributed by atoms with Crippen molar-refractivity contribution in [2.24, 2.45) is 0 Å². The van der Waals surface area contributed by atoms with E-state index in [-0.39, 0.29) is 6.04 Å². The van der Waals surface area contributed by atoms with Gasteiger partial charge in [-0.15, -0.1) is 0 Å². The number of aromatic nitrogens is 1. The first-order valence-electron chi connectivity index (χ1n) is 8.51. The number of alkyl carbamates (subject to hydrolysis) is 1. The topological polar surface area (TPSA) is 76.4 Å². The van der Waals surface area contributed by atoms with Crippen LogP contribution in [0.2, 0.25) is 0 Å². The van der Waals surface area contributed by atoms with E-state index in [0.29, 0.717) is 13.1 Å². The predicted molar refractivity (Wildman–Crippen MR) is 96.1 cm³/mol. The summed E-state index contributed by atoms with van der Waals surface area (Å²) < 4.78 is 10.5. The molecule has 2 aromatic rings. The first-order valence-corrected chi connectivity index (χ1v) is 8.51. The number of aryl methyl sites for hydroxylation is 1. The highest BCUT2D eigenvalue weighted by atomic mass is 16.6. The SMILES string of the molecule is Cc1cc(CNC(CCNC(=O)OC(C)(C)C)c2ccccc2)on1. The van der Waals surface area contributed by atoms with Crippen molar-refractivity contribution in [3.63, 3.8) is 0 Å². The van der Waals surface area contributed by atoms with Crippen molar-refractivity contribution < 1.29 is 14.1 Å². The molecule has 136 valence electrons. The zero-order valence-corrected chi connectivity index (χ0v) is 15.3. The lowest BCUT2D eigenvalue weighted by Crippen LogP contribution is -2.34. The Hall–Kier alpha value is -2.34. The third-order valence-corrected chi connectivity index (χ3v) is 3.50. The quantitative estimate of drug-likeness (QED) is 0.799. The first kappa shape index (κ1) is 19.0. The summed E-state index contributed by atoms with van der Waals surface area (Å²) in [7, 11) is 0. The van der Waals surface area contributed by atoms with Crippen molar-refractivity contribution in [1.29, 1.82) is 0 Å². The number of rotatable bonds is 7. The van der Waals surface area contributed by atoms with Gasteiger partial charge in [0, 0.05) is 18.7 Å². The molecule has 1 amide bonds. The van der Waals surface area contributed by atoms with Crippen LogP contribution >= 0.6 is 0 Å². The maximum atomic E-state index is 11.8. The van der Waals surface area contributed by atoms with Gasteiger partial charge in [-0.3, -0.25) is 0 Å². The van der Waals surface area contributed by atoms with Crippen LogP contribution in [0.3, 0.4) is 0 Å². The lowest BCUT2D eigenvalue weighted by atomic mass is 10.0. The second-order valence-corrected chi connectivity index (χ2v) is 7.00. The van der Waals surface area contributed by atoms with E-state index in [2.05, 4.69) is 27.9 Å². The molecule has 6 heteroatoms. The molecule has 0 aliphatic carbocycles. The van der Waals surface area contributed by atoms with E-state index in [1.165, 1.54) is 0 Å². The van der Waals surface area contributed by atoms with Gasteiger partial charge < -0.3 is 19.9 Å². The van der Waals surface area contributed by atoms with Crippen LogP contribution < -0.4 is 10.6 Å². The number of amides is 1. The number of hydrogen-bond acceptors (Lipinski definition) is 5. The maximum absolute atomic E-state index is 11.8. The number of nitrogens with one attached hydrogen (secondary N) is 2. The molecule has 6 nitrogen and oxygen atoms in total. The fourth-order valence-electron chi connectivity index (χ4n) is 2.43. The second kappa shape index (κ2) is 8.67. The highest BCUT2D eigenvalue weighted by Crippen LogP contribution is 2.17. The molecule has 1 atom stereocenters. The van der Waals surface area contributed by atoms with Gasteiger partial charge in [-0.25, -0.2) is 4.79 Å². The van der Waals surface area contributed by atoms with Crippen LogP contribution in [0.1, 0.15) is 50.3 Å². The first-order chi connectivity index (χ1) is 11.8. The summed E-state index contributed by atoms with van der Waals surface area (Å²) in [6.07, 6.45) is 0.335. The second-order valence-electron chi connectivity index (χ2n) is 7.00. The molecule has 1 unspecified atom stereocenters. The Kier molecular flexibility index (Phi) is 6.58. The van der Waals surface area contributed by atoms with Gasteiger partial charge >= 0.3 is 6.09 Å². The van der Waals surface area contributed by atoms with Gasteiger partial charge in [-0.05, 0) is 39.7 Å². The van der Waals surface area contributed by atoms with Crippen LogP contribution in [-0.2, 0) is 11.3 Å². The van der Waals surface area contributed by atoms with Gasteiger partial charge in [0.1, 0.15) is 5.60 Å². The van der Waals surface area contributed by atoms with Crippen molar-refractivity contribution in [3.8, 4) is 0 Å². The molecule has 1 aromatic heterocycles. The van der Waals surface area contributed by atoms with Crippen LogP contribution in [0.25, 0.3) is 0 Å². The standard InChI is InChI=1S/C19H27N3O3/c1-14-12-16(25-22-14)13-21-17(15-8-6-5-7-9-15)10-11-20-18(23)24-19(2,3)4/h5-9,12,17,21H,10-11,13H2,1-4H3,(H,20,23). The molecule has 0 spiro atoms. The molecular formula is C19H27N3O3. The van der Waals surface area contributed by atoms with Crippen molar-refractivity contribution in [3.05, 3.63) is 53.4 Å². The third-order valence-electron chi connectivity index (χ3n) is 3.50. The van der Waals surface area contributed by atoms with Crippen molar-refractivity contribution in [2.75, 3.05) is 6.54 Å². The predicted octanol–water partition coefficient (Wildman–Crippen LogP) is 3.73. The summed E-state index contributed by atoms with van der Waals surface area (Å²) in [5, 5.41) is 10.2. The van der Waals surface area contributed by atoms with Crippen LogP contribution in [0, 0.1) is 6.92 Å². The Labute approximate surface area is 148 Å². The highest BCUT2D eigenvalue weighted by Gasteiger charge is 2.17. The summed E-state index contributed by atoms with van der Waals surface area (Å²) in [5.74, 6) is 0.790. The Balaban J connectivity index is 1.90. The van der Waals surface area contributed by atoms with E-state index >= 15 is 0 Å². The molecule has 0 saturated carbocycles. The fourth-order valence-corrected chi connectivity index (χ4v) is 2.43. The van der Waals surface area contributed by atoms with Crippen molar-refractivity contribution >= 4 is 6.09 Å². The van der Waals surface area contributed by atoms with Crippen LogP contribution in [0.4, 0.5) is 4.79 Å². The zero-order chi connectivity index (χ0) is 18.3. The zero-order valence-electron chi connectivity index (χ0n) is 15.3. The number of benzene rings is 1. The van der Waals surface area contributed by atoms with Crippen LogP contribution in [0.15, 0.2) is 40.9 Å².